The number of allylic oxidation sites excluding steroid dienone is 2. The standard InChI is InChI=1S/C26H26BrNO6/c1-13-22(26(31)34-4)23(16-9-18(27)25(30)21(12-16)33-3)24-19(28-13)10-15(11-20(24)29)14-5-7-17(32-2)8-6-14/h5-9,12,15,22-23,30H,10-11H2,1-4H3/t15-,22?,23-/m1/s1. The normalized spacial score (nSPS) is 22.1. The van der Waals surface area contributed by atoms with Gasteiger partial charge < -0.3 is 19.3 Å². The Morgan fingerprint density at radius 2 is 1.76 bits per heavy atom. The summed E-state index contributed by atoms with van der Waals surface area (Å²) in [6.07, 6.45) is 0.881. The van der Waals surface area contributed by atoms with Crippen LogP contribution in [0.25, 0.3) is 0 Å². The lowest BCUT2D eigenvalue weighted by molar-refractivity contribution is -0.143. The lowest BCUT2D eigenvalue weighted by Crippen LogP contribution is -2.37. The predicted octanol–water partition coefficient (Wildman–Crippen LogP) is 4.92. The summed E-state index contributed by atoms with van der Waals surface area (Å²) in [5.41, 5.74) is 3.49. The summed E-state index contributed by atoms with van der Waals surface area (Å²) in [5, 5.41) is 10.3. The van der Waals surface area contributed by atoms with Gasteiger partial charge in [0.2, 0.25) is 0 Å². The number of carbonyl (C=O) groups excluding carboxylic acids is 2. The highest BCUT2D eigenvalue weighted by atomic mass is 79.9. The number of ether oxygens (including phenoxy) is 3. The zero-order valence-electron chi connectivity index (χ0n) is 19.4. The van der Waals surface area contributed by atoms with E-state index in [9.17, 15) is 14.7 Å². The quantitative estimate of drug-likeness (QED) is 0.554. The first kappa shape index (κ1) is 24.0. The number of hydrogen-bond donors (Lipinski definition) is 1. The van der Waals surface area contributed by atoms with E-state index in [0.717, 1.165) is 11.3 Å². The molecule has 1 N–H and O–H groups in total. The van der Waals surface area contributed by atoms with Crippen molar-refractivity contribution >= 4 is 33.4 Å². The van der Waals surface area contributed by atoms with Crippen LogP contribution in [-0.2, 0) is 14.3 Å². The molecule has 3 atom stereocenters. The van der Waals surface area contributed by atoms with Gasteiger partial charge in [0.05, 0.1) is 25.8 Å². The number of carbonyl (C=O) groups is 2. The van der Waals surface area contributed by atoms with Crippen LogP contribution in [0.3, 0.4) is 0 Å². The molecule has 0 radical (unpaired) electrons. The average Bonchev–Trinajstić information content (AvgIpc) is 2.84. The van der Waals surface area contributed by atoms with Crippen molar-refractivity contribution in [3.8, 4) is 17.2 Å². The Hall–Kier alpha value is -3.13. The monoisotopic (exact) mass is 527 g/mol. The van der Waals surface area contributed by atoms with Gasteiger partial charge >= 0.3 is 5.97 Å². The van der Waals surface area contributed by atoms with Crippen LogP contribution in [0.2, 0.25) is 0 Å². The Kier molecular flexibility index (Phi) is 6.79. The van der Waals surface area contributed by atoms with Crippen LogP contribution < -0.4 is 9.47 Å². The Morgan fingerprint density at radius 1 is 1.06 bits per heavy atom. The summed E-state index contributed by atoms with van der Waals surface area (Å²) in [4.78, 5) is 31.2. The van der Waals surface area contributed by atoms with Gasteiger partial charge in [0, 0.05) is 29.3 Å². The van der Waals surface area contributed by atoms with E-state index in [-0.39, 0.29) is 23.2 Å². The number of aromatic hydroxyl groups is 1. The number of esters is 1. The maximum absolute atomic E-state index is 13.6. The van der Waals surface area contributed by atoms with E-state index in [1.54, 1.807) is 26.2 Å². The molecule has 0 saturated carbocycles. The molecular weight excluding hydrogens is 502 g/mol. The molecule has 0 aromatic heterocycles. The van der Waals surface area contributed by atoms with Crippen molar-refractivity contribution in [3.63, 3.8) is 0 Å². The van der Waals surface area contributed by atoms with Gasteiger partial charge in [-0.2, -0.15) is 0 Å². The molecule has 8 heteroatoms. The number of hydrogen-bond acceptors (Lipinski definition) is 7. The fraction of sp³-hybridized carbons (Fsp3) is 0.346. The maximum Gasteiger partial charge on any atom is 0.315 e. The molecule has 34 heavy (non-hydrogen) atoms. The van der Waals surface area contributed by atoms with Crippen LogP contribution in [-0.4, -0.2) is 43.9 Å². The molecule has 0 spiro atoms. The number of ketones is 1. The first-order chi connectivity index (χ1) is 16.3. The topological polar surface area (TPSA) is 94.4 Å². The Bertz CT molecular complexity index is 1200. The van der Waals surface area contributed by atoms with E-state index in [4.69, 9.17) is 19.2 Å². The second kappa shape index (κ2) is 9.62. The summed E-state index contributed by atoms with van der Waals surface area (Å²) < 4.78 is 16.1. The minimum atomic E-state index is -0.758. The second-order valence-electron chi connectivity index (χ2n) is 8.45. The summed E-state index contributed by atoms with van der Waals surface area (Å²) in [7, 11) is 4.39. The molecule has 178 valence electrons. The van der Waals surface area contributed by atoms with E-state index in [0.29, 0.717) is 39.9 Å². The van der Waals surface area contributed by atoms with Crippen molar-refractivity contribution in [1.29, 1.82) is 0 Å². The number of nitrogens with zero attached hydrogens (tertiary/aromatic N) is 1. The Labute approximate surface area is 206 Å². The number of methoxy groups -OCH3 is 3. The molecule has 0 bridgehead atoms. The first-order valence-corrected chi connectivity index (χ1v) is 11.7. The number of phenols is 1. The van der Waals surface area contributed by atoms with Gasteiger partial charge in [0.1, 0.15) is 11.7 Å². The number of aliphatic imine (C=N–C) groups is 1. The van der Waals surface area contributed by atoms with Crippen molar-refractivity contribution < 1.29 is 28.9 Å². The van der Waals surface area contributed by atoms with Crippen LogP contribution in [0.4, 0.5) is 0 Å². The van der Waals surface area contributed by atoms with E-state index in [1.807, 2.05) is 24.3 Å². The molecule has 0 amide bonds. The molecule has 2 aromatic rings. The molecule has 1 heterocycles. The Balaban J connectivity index is 1.83. The van der Waals surface area contributed by atoms with Crippen LogP contribution >= 0.6 is 15.9 Å². The molecule has 0 saturated heterocycles. The fourth-order valence-corrected chi connectivity index (χ4v) is 5.35. The van der Waals surface area contributed by atoms with E-state index >= 15 is 0 Å². The summed E-state index contributed by atoms with van der Waals surface area (Å²) in [6.45, 7) is 1.78. The van der Waals surface area contributed by atoms with Crippen LogP contribution in [0, 0.1) is 5.92 Å². The summed E-state index contributed by atoms with van der Waals surface area (Å²) in [5.74, 6) is -0.955. The van der Waals surface area contributed by atoms with Crippen LogP contribution in [0.5, 0.6) is 17.2 Å². The molecule has 1 unspecified atom stereocenters. The molecular formula is C26H26BrNO6. The van der Waals surface area contributed by atoms with Crippen molar-refractivity contribution in [2.45, 2.75) is 31.6 Å². The van der Waals surface area contributed by atoms with Crippen molar-refractivity contribution in [2.24, 2.45) is 10.9 Å². The minimum absolute atomic E-state index is 0.0230. The smallest absolute Gasteiger partial charge is 0.315 e. The van der Waals surface area contributed by atoms with Gasteiger partial charge in [-0.1, -0.05) is 12.1 Å². The van der Waals surface area contributed by atoms with Crippen LogP contribution in [0.1, 0.15) is 42.7 Å². The number of rotatable bonds is 5. The van der Waals surface area contributed by atoms with Gasteiger partial charge in [-0.3, -0.25) is 14.6 Å². The third-order valence-electron chi connectivity index (χ3n) is 6.56. The Morgan fingerprint density at radius 3 is 2.38 bits per heavy atom. The highest BCUT2D eigenvalue weighted by Gasteiger charge is 2.45. The van der Waals surface area contributed by atoms with E-state index < -0.39 is 17.8 Å². The largest absolute Gasteiger partial charge is 0.503 e. The second-order valence-corrected chi connectivity index (χ2v) is 9.30. The van der Waals surface area contributed by atoms with Gasteiger partial charge in [0.25, 0.3) is 0 Å². The molecule has 2 aromatic carbocycles. The zero-order chi connectivity index (χ0) is 24.6. The van der Waals surface area contributed by atoms with Gasteiger partial charge in [-0.05, 0) is 70.6 Å². The lowest BCUT2D eigenvalue weighted by Gasteiger charge is -2.36. The minimum Gasteiger partial charge on any atom is -0.503 e. The highest BCUT2D eigenvalue weighted by Crippen LogP contribution is 2.49. The van der Waals surface area contributed by atoms with E-state index in [1.165, 1.54) is 14.2 Å². The predicted molar refractivity (Wildman–Crippen MR) is 131 cm³/mol. The molecule has 1 aliphatic carbocycles. The lowest BCUT2D eigenvalue weighted by atomic mass is 9.69. The van der Waals surface area contributed by atoms with E-state index in [2.05, 4.69) is 15.9 Å². The van der Waals surface area contributed by atoms with Gasteiger partial charge in [0.15, 0.2) is 17.3 Å². The van der Waals surface area contributed by atoms with Crippen molar-refractivity contribution in [3.05, 3.63) is 63.3 Å². The number of phenolic OH excluding ortho intramolecular Hbond substituents is 1. The molecule has 2 aliphatic rings. The highest BCUT2D eigenvalue weighted by molar-refractivity contribution is 9.10. The molecule has 1 aliphatic heterocycles. The van der Waals surface area contributed by atoms with Gasteiger partial charge in [-0.15, -0.1) is 0 Å². The third-order valence-corrected chi connectivity index (χ3v) is 7.17. The first-order valence-electron chi connectivity index (χ1n) is 10.9. The zero-order valence-corrected chi connectivity index (χ0v) is 21.0. The fourth-order valence-electron chi connectivity index (χ4n) is 4.89. The molecule has 7 nitrogen and oxygen atoms in total. The average molecular weight is 528 g/mol. The third kappa shape index (κ3) is 4.22. The number of benzene rings is 2. The van der Waals surface area contributed by atoms with Crippen molar-refractivity contribution in [2.75, 3.05) is 21.3 Å². The molecule has 4 rings (SSSR count). The summed E-state index contributed by atoms with van der Waals surface area (Å²) >= 11 is 3.36. The van der Waals surface area contributed by atoms with Crippen molar-refractivity contribution in [1.82, 2.24) is 0 Å². The number of halogens is 1. The SMILES string of the molecule is COC(=O)C1C(C)=NC2=C(C(=O)C[C@H](c3ccc(OC)cc3)C2)[C@@H]1c1cc(Br)c(O)c(OC)c1. The van der Waals surface area contributed by atoms with Crippen LogP contribution in [0.15, 0.2) is 57.1 Å². The number of Topliss-reactive ketones (excluding diaryl/α,β-unsaturated/α-hetero) is 1. The maximum atomic E-state index is 13.6. The molecule has 0 fully saturated rings. The van der Waals surface area contributed by atoms with Gasteiger partial charge in [-0.25, -0.2) is 0 Å². The summed E-state index contributed by atoms with van der Waals surface area (Å²) in [6, 6.07) is 11.1.